The molecule has 2 aromatic heterocycles. The van der Waals surface area contributed by atoms with Crippen molar-refractivity contribution < 1.29 is 19.1 Å². The molecule has 0 unspecified atom stereocenters. The van der Waals surface area contributed by atoms with Gasteiger partial charge in [0.05, 0.1) is 10.2 Å². The molecule has 122 valence electrons. The summed E-state index contributed by atoms with van der Waals surface area (Å²) in [6, 6.07) is 5.18. The highest BCUT2D eigenvalue weighted by Crippen LogP contribution is 2.37. The number of hydrogen-bond donors (Lipinski definition) is 2. The number of hydrogen-bond acceptors (Lipinski definition) is 6. The van der Waals surface area contributed by atoms with E-state index in [2.05, 4.69) is 15.3 Å². The topological polar surface area (TPSA) is 93.3 Å². The molecule has 1 aliphatic rings. The smallest absolute Gasteiger partial charge is 0.273 e. The molecule has 1 amide bonds. The van der Waals surface area contributed by atoms with Crippen LogP contribution in [0.5, 0.6) is 11.5 Å². The fraction of sp³-hybridized carbons (Fsp3) is 0.188. The van der Waals surface area contributed by atoms with Gasteiger partial charge in [-0.1, -0.05) is 11.3 Å². The Balaban J connectivity index is 1.59. The van der Waals surface area contributed by atoms with Crippen molar-refractivity contribution in [1.29, 1.82) is 0 Å². The molecule has 0 spiro atoms. The van der Waals surface area contributed by atoms with E-state index < -0.39 is 0 Å². The number of carbonyl (C=O) groups excluding carboxylic acids is 2. The van der Waals surface area contributed by atoms with E-state index in [0.717, 1.165) is 10.2 Å². The first-order valence-corrected chi connectivity index (χ1v) is 8.13. The molecule has 0 radical (unpaired) electrons. The number of benzene rings is 1. The van der Waals surface area contributed by atoms with Crippen LogP contribution < -0.4 is 14.8 Å². The predicted octanol–water partition coefficient (Wildman–Crippen LogP) is 2.85. The van der Waals surface area contributed by atoms with Crippen molar-refractivity contribution in [3.8, 4) is 11.5 Å². The molecule has 0 atom stereocenters. The van der Waals surface area contributed by atoms with Gasteiger partial charge in [-0.05, 0) is 13.0 Å². The molecular weight excluding hydrogens is 330 g/mol. The maximum Gasteiger partial charge on any atom is 0.273 e. The van der Waals surface area contributed by atoms with Gasteiger partial charge in [0.15, 0.2) is 22.4 Å². The highest BCUT2D eigenvalue weighted by atomic mass is 32.1. The van der Waals surface area contributed by atoms with E-state index in [1.165, 1.54) is 30.5 Å². The first-order chi connectivity index (χ1) is 11.6. The maximum absolute atomic E-state index is 12.2. The van der Waals surface area contributed by atoms with Crippen LogP contribution in [0.1, 0.15) is 27.8 Å². The molecule has 3 heterocycles. The summed E-state index contributed by atoms with van der Waals surface area (Å²) in [7, 11) is 0. The van der Waals surface area contributed by atoms with Crippen molar-refractivity contribution in [2.24, 2.45) is 0 Å². The zero-order valence-electron chi connectivity index (χ0n) is 12.7. The normalized spacial score (nSPS) is 13.0. The van der Waals surface area contributed by atoms with Crippen LogP contribution in [0.15, 0.2) is 24.4 Å². The molecule has 1 aromatic carbocycles. The number of carbonyl (C=O) groups is 2. The highest BCUT2D eigenvalue weighted by molar-refractivity contribution is 7.22. The third-order valence-corrected chi connectivity index (χ3v) is 4.54. The summed E-state index contributed by atoms with van der Waals surface area (Å²) in [5.74, 6) is 0.896. The summed E-state index contributed by atoms with van der Waals surface area (Å²) in [4.78, 5) is 30.7. The number of Topliss-reactive ketones (excluding diaryl/α,β-unsaturated/α-hetero) is 1. The summed E-state index contributed by atoms with van der Waals surface area (Å²) in [5, 5.41) is 3.20. The average Bonchev–Trinajstić information content (AvgIpc) is 3.19. The van der Waals surface area contributed by atoms with Crippen molar-refractivity contribution >= 4 is 38.4 Å². The Morgan fingerprint density at radius 2 is 1.96 bits per heavy atom. The Bertz CT molecular complexity index is 917. The van der Waals surface area contributed by atoms with Crippen LogP contribution in [0.4, 0.5) is 5.13 Å². The standard InChI is InChI=1S/C16H13N3O4S/c1-8(20)9-4-11(17-7-9)15(21)19-16-18-10-5-12-13(6-14(10)24-16)23-3-2-22-12/h4-7,17H,2-3H2,1H3,(H,18,19,21). The van der Waals surface area contributed by atoms with Crippen molar-refractivity contribution in [3.63, 3.8) is 0 Å². The zero-order chi connectivity index (χ0) is 16.7. The van der Waals surface area contributed by atoms with Gasteiger partial charge in [0.25, 0.3) is 5.91 Å². The van der Waals surface area contributed by atoms with Gasteiger partial charge in [0, 0.05) is 23.9 Å². The SMILES string of the molecule is CC(=O)c1c[nH]c(C(=O)Nc2nc3cc4c(cc3s2)OCCO4)c1. The number of rotatable bonds is 3. The summed E-state index contributed by atoms with van der Waals surface area (Å²) < 4.78 is 12.0. The molecule has 8 heteroatoms. The van der Waals surface area contributed by atoms with E-state index >= 15 is 0 Å². The minimum absolute atomic E-state index is 0.101. The van der Waals surface area contributed by atoms with Crippen LogP contribution in [-0.4, -0.2) is 34.9 Å². The molecule has 0 aliphatic carbocycles. The Hall–Kier alpha value is -2.87. The van der Waals surface area contributed by atoms with Crippen molar-refractivity contribution in [1.82, 2.24) is 9.97 Å². The van der Waals surface area contributed by atoms with E-state index in [1.54, 1.807) is 6.07 Å². The Kier molecular flexibility index (Phi) is 3.46. The highest BCUT2D eigenvalue weighted by Gasteiger charge is 2.17. The number of fused-ring (bicyclic) bond motifs is 2. The lowest BCUT2D eigenvalue weighted by atomic mass is 10.2. The molecule has 7 nitrogen and oxygen atoms in total. The molecule has 3 aromatic rings. The second-order valence-corrected chi connectivity index (χ2v) is 6.33. The molecule has 1 aliphatic heterocycles. The molecule has 0 saturated heterocycles. The van der Waals surface area contributed by atoms with E-state index in [-0.39, 0.29) is 11.7 Å². The fourth-order valence-electron chi connectivity index (χ4n) is 2.41. The second-order valence-electron chi connectivity index (χ2n) is 5.29. The van der Waals surface area contributed by atoms with Crippen LogP contribution in [0.3, 0.4) is 0 Å². The number of ketones is 1. The quantitative estimate of drug-likeness (QED) is 0.713. The lowest BCUT2D eigenvalue weighted by Crippen LogP contribution is -2.15. The van der Waals surface area contributed by atoms with Gasteiger partial charge >= 0.3 is 0 Å². The molecule has 0 bridgehead atoms. The fourth-order valence-corrected chi connectivity index (χ4v) is 3.28. The Morgan fingerprint density at radius 1 is 1.21 bits per heavy atom. The van der Waals surface area contributed by atoms with Gasteiger partial charge in [-0.3, -0.25) is 14.9 Å². The number of aromatic nitrogens is 2. The third kappa shape index (κ3) is 2.61. The van der Waals surface area contributed by atoms with Gasteiger partial charge in [-0.15, -0.1) is 0 Å². The largest absolute Gasteiger partial charge is 0.486 e. The van der Waals surface area contributed by atoms with Crippen molar-refractivity contribution in [3.05, 3.63) is 35.7 Å². The number of nitrogens with zero attached hydrogens (tertiary/aromatic N) is 1. The summed E-state index contributed by atoms with van der Waals surface area (Å²) in [5.41, 5.74) is 1.51. The molecule has 0 fully saturated rings. The van der Waals surface area contributed by atoms with E-state index in [4.69, 9.17) is 9.47 Å². The van der Waals surface area contributed by atoms with Crippen LogP contribution in [-0.2, 0) is 0 Å². The second kappa shape index (κ2) is 5.64. The lowest BCUT2D eigenvalue weighted by Gasteiger charge is -2.17. The minimum atomic E-state index is -0.348. The molecule has 0 saturated carbocycles. The van der Waals surface area contributed by atoms with Crippen LogP contribution in [0.2, 0.25) is 0 Å². The number of aromatic amines is 1. The summed E-state index contributed by atoms with van der Waals surface area (Å²) in [6.07, 6.45) is 1.51. The number of ether oxygens (including phenoxy) is 2. The average molecular weight is 343 g/mol. The number of thiazole rings is 1. The molecule has 24 heavy (non-hydrogen) atoms. The number of H-pyrrole nitrogens is 1. The molecule has 2 N–H and O–H groups in total. The van der Waals surface area contributed by atoms with E-state index in [1.807, 2.05) is 6.07 Å². The van der Waals surface area contributed by atoms with Crippen LogP contribution in [0.25, 0.3) is 10.2 Å². The number of amides is 1. The van der Waals surface area contributed by atoms with Gasteiger partial charge in [-0.2, -0.15) is 0 Å². The first kappa shape index (κ1) is 14.7. The Labute approximate surface area is 140 Å². The Morgan fingerprint density at radius 3 is 2.67 bits per heavy atom. The summed E-state index contributed by atoms with van der Waals surface area (Å²) in [6.45, 7) is 2.48. The van der Waals surface area contributed by atoms with Gasteiger partial charge in [0.2, 0.25) is 0 Å². The van der Waals surface area contributed by atoms with Gasteiger partial charge in [0.1, 0.15) is 18.9 Å². The van der Waals surface area contributed by atoms with Gasteiger partial charge < -0.3 is 14.5 Å². The third-order valence-electron chi connectivity index (χ3n) is 3.61. The predicted molar refractivity (Wildman–Crippen MR) is 89.4 cm³/mol. The van der Waals surface area contributed by atoms with Crippen molar-refractivity contribution in [2.45, 2.75) is 6.92 Å². The molecular formula is C16H13N3O4S. The minimum Gasteiger partial charge on any atom is -0.486 e. The zero-order valence-corrected chi connectivity index (χ0v) is 13.5. The summed E-state index contributed by atoms with van der Waals surface area (Å²) >= 11 is 1.35. The van der Waals surface area contributed by atoms with Crippen LogP contribution in [0, 0.1) is 0 Å². The maximum atomic E-state index is 12.2. The van der Waals surface area contributed by atoms with E-state index in [9.17, 15) is 9.59 Å². The monoisotopic (exact) mass is 343 g/mol. The van der Waals surface area contributed by atoms with Gasteiger partial charge in [-0.25, -0.2) is 4.98 Å². The molecule has 4 rings (SSSR count). The van der Waals surface area contributed by atoms with Crippen molar-refractivity contribution in [2.75, 3.05) is 18.5 Å². The number of anilines is 1. The first-order valence-electron chi connectivity index (χ1n) is 7.31. The van der Waals surface area contributed by atoms with E-state index in [0.29, 0.717) is 41.1 Å². The van der Waals surface area contributed by atoms with Crippen LogP contribution >= 0.6 is 11.3 Å². The lowest BCUT2D eigenvalue weighted by molar-refractivity contribution is 0.101. The number of nitrogens with one attached hydrogen (secondary N) is 2.